The van der Waals surface area contributed by atoms with Gasteiger partial charge in [0.1, 0.15) is 5.65 Å². The Kier molecular flexibility index (Phi) is 7.52. The predicted octanol–water partition coefficient (Wildman–Crippen LogP) is 6.29. The summed E-state index contributed by atoms with van der Waals surface area (Å²) < 4.78 is 1.99. The van der Waals surface area contributed by atoms with Gasteiger partial charge in [0.15, 0.2) is 0 Å². The summed E-state index contributed by atoms with van der Waals surface area (Å²) in [4.78, 5) is 33.0. The van der Waals surface area contributed by atoms with E-state index in [0.717, 1.165) is 42.2 Å². The molecular formula is C28H29N5O2S. The number of urea groups is 1. The number of nitrogens with zero attached hydrogens (tertiary/aromatic N) is 3. The number of aromatic nitrogens is 2. The van der Waals surface area contributed by atoms with Crippen LogP contribution >= 0.6 is 11.8 Å². The molecule has 0 atom stereocenters. The minimum Gasteiger partial charge on any atom is -0.325 e. The Balaban J connectivity index is 1.20. The zero-order valence-corrected chi connectivity index (χ0v) is 20.8. The lowest BCUT2D eigenvalue weighted by Gasteiger charge is -2.20. The molecule has 2 aromatic heterocycles. The van der Waals surface area contributed by atoms with E-state index in [1.807, 2.05) is 88.4 Å². The average Bonchev–Trinajstić information content (AvgIpc) is 3.12. The highest BCUT2D eigenvalue weighted by Gasteiger charge is 2.16. The number of rotatable bonds is 6. The Labute approximate surface area is 214 Å². The quantitative estimate of drug-likeness (QED) is 0.306. The van der Waals surface area contributed by atoms with Crippen LogP contribution in [0, 0.1) is 0 Å². The van der Waals surface area contributed by atoms with Crippen LogP contribution in [-0.4, -0.2) is 39.3 Å². The first-order valence-corrected chi connectivity index (χ1v) is 13.3. The number of hydrogen-bond donors (Lipinski definition) is 2. The molecule has 4 aromatic rings. The zero-order chi connectivity index (χ0) is 24.7. The van der Waals surface area contributed by atoms with Gasteiger partial charge in [-0.15, -0.1) is 11.8 Å². The number of anilines is 2. The van der Waals surface area contributed by atoms with Gasteiger partial charge in [0.25, 0.3) is 5.91 Å². The smallest absolute Gasteiger partial charge is 0.321 e. The second-order valence-corrected chi connectivity index (χ2v) is 9.86. The largest absolute Gasteiger partial charge is 0.325 e. The van der Waals surface area contributed by atoms with Gasteiger partial charge in [0.2, 0.25) is 0 Å². The van der Waals surface area contributed by atoms with E-state index < -0.39 is 0 Å². The summed E-state index contributed by atoms with van der Waals surface area (Å²) in [5.74, 6) is 0.492. The highest BCUT2D eigenvalue weighted by atomic mass is 32.2. The molecule has 3 heterocycles. The molecule has 2 aromatic carbocycles. The molecule has 8 heteroatoms. The van der Waals surface area contributed by atoms with Crippen molar-refractivity contribution < 1.29 is 9.59 Å². The van der Waals surface area contributed by atoms with Crippen LogP contribution in [0.15, 0.2) is 84.0 Å². The molecule has 0 bridgehead atoms. The highest BCUT2D eigenvalue weighted by Crippen LogP contribution is 2.27. The lowest BCUT2D eigenvalue weighted by Crippen LogP contribution is -2.35. The number of thioether (sulfide) groups is 1. The Bertz CT molecular complexity index is 1310. The first-order chi connectivity index (χ1) is 17.7. The Hall–Kier alpha value is -3.78. The fourth-order valence-corrected chi connectivity index (χ4v) is 5.23. The van der Waals surface area contributed by atoms with Gasteiger partial charge < -0.3 is 19.9 Å². The SMILES string of the molecule is O=C(Nc1ccc(NC(=O)N2CCCCCC2)cc1)c1ccccc1SCc1cn2ccccc2n1. The van der Waals surface area contributed by atoms with Crippen LogP contribution in [0.5, 0.6) is 0 Å². The number of likely N-dealkylation sites (tertiary alicyclic amines) is 1. The van der Waals surface area contributed by atoms with Gasteiger partial charge >= 0.3 is 6.03 Å². The highest BCUT2D eigenvalue weighted by molar-refractivity contribution is 7.98. The van der Waals surface area contributed by atoms with Crippen LogP contribution in [0.1, 0.15) is 41.7 Å². The first-order valence-electron chi connectivity index (χ1n) is 12.3. The maximum atomic E-state index is 13.1. The fraction of sp³-hybridized carbons (Fsp3) is 0.250. The Morgan fingerprint density at radius 3 is 2.28 bits per heavy atom. The number of imidazole rings is 1. The normalized spacial score (nSPS) is 13.8. The van der Waals surface area contributed by atoms with Crippen molar-refractivity contribution in [2.75, 3.05) is 23.7 Å². The van der Waals surface area contributed by atoms with Crippen molar-refractivity contribution in [2.45, 2.75) is 36.3 Å². The second kappa shape index (κ2) is 11.3. The van der Waals surface area contributed by atoms with Crippen molar-refractivity contribution in [2.24, 2.45) is 0 Å². The third kappa shape index (κ3) is 5.88. The summed E-state index contributed by atoms with van der Waals surface area (Å²) >= 11 is 1.59. The molecular weight excluding hydrogens is 470 g/mol. The standard InChI is InChI=1S/C28H29N5O2S/c34-27(30-21-12-14-22(15-13-21)31-28(35)32-16-6-1-2-7-17-32)24-9-3-4-10-25(24)36-20-23-19-33-18-8-5-11-26(33)29-23/h3-5,8-15,18-19H,1-2,6-7,16-17,20H2,(H,30,34)(H,31,35). The fourth-order valence-electron chi connectivity index (χ4n) is 4.30. The molecule has 0 unspecified atom stereocenters. The summed E-state index contributed by atoms with van der Waals surface area (Å²) in [7, 11) is 0. The van der Waals surface area contributed by atoms with Crippen LogP contribution in [0.3, 0.4) is 0 Å². The molecule has 1 fully saturated rings. The number of amides is 3. The first kappa shape index (κ1) is 23.9. The van der Waals surface area contributed by atoms with E-state index in [0.29, 0.717) is 22.7 Å². The van der Waals surface area contributed by atoms with E-state index in [-0.39, 0.29) is 11.9 Å². The van der Waals surface area contributed by atoms with Gasteiger partial charge in [0.05, 0.1) is 11.3 Å². The minimum atomic E-state index is -0.172. The monoisotopic (exact) mass is 499 g/mol. The number of fused-ring (bicyclic) bond motifs is 1. The molecule has 7 nitrogen and oxygen atoms in total. The third-order valence-corrected chi connectivity index (χ3v) is 7.32. The molecule has 5 rings (SSSR count). The molecule has 0 radical (unpaired) electrons. The van der Waals surface area contributed by atoms with Gasteiger partial charge in [-0.2, -0.15) is 0 Å². The van der Waals surface area contributed by atoms with Crippen molar-refractivity contribution in [1.82, 2.24) is 14.3 Å². The van der Waals surface area contributed by atoms with Crippen LogP contribution in [-0.2, 0) is 5.75 Å². The van der Waals surface area contributed by atoms with Crippen LogP contribution < -0.4 is 10.6 Å². The summed E-state index contributed by atoms with van der Waals surface area (Å²) in [6.45, 7) is 1.60. The Morgan fingerprint density at radius 2 is 1.53 bits per heavy atom. The number of hydrogen-bond acceptors (Lipinski definition) is 4. The van der Waals surface area contributed by atoms with Gasteiger partial charge in [0, 0.05) is 47.5 Å². The Morgan fingerprint density at radius 1 is 0.833 bits per heavy atom. The molecule has 2 N–H and O–H groups in total. The van der Waals surface area contributed by atoms with Crippen molar-refractivity contribution in [3.05, 3.63) is 90.4 Å². The minimum absolute atomic E-state index is 0.0646. The van der Waals surface area contributed by atoms with Crippen LogP contribution in [0.4, 0.5) is 16.2 Å². The summed E-state index contributed by atoms with van der Waals surface area (Å²) in [6.07, 6.45) is 8.46. The van der Waals surface area contributed by atoms with Gasteiger partial charge in [-0.3, -0.25) is 4.79 Å². The maximum absolute atomic E-state index is 13.1. The van der Waals surface area contributed by atoms with E-state index in [2.05, 4.69) is 15.6 Å². The van der Waals surface area contributed by atoms with E-state index in [9.17, 15) is 9.59 Å². The van der Waals surface area contributed by atoms with Crippen molar-refractivity contribution >= 4 is 40.7 Å². The summed E-state index contributed by atoms with van der Waals surface area (Å²) in [6, 6.07) is 20.7. The number of nitrogens with one attached hydrogen (secondary N) is 2. The topological polar surface area (TPSA) is 78.7 Å². The molecule has 36 heavy (non-hydrogen) atoms. The zero-order valence-electron chi connectivity index (χ0n) is 20.0. The molecule has 0 saturated carbocycles. The lowest BCUT2D eigenvalue weighted by molar-refractivity contribution is 0.102. The van der Waals surface area contributed by atoms with E-state index in [1.165, 1.54) is 12.8 Å². The number of benzene rings is 2. The third-order valence-electron chi connectivity index (χ3n) is 6.21. The number of carbonyl (C=O) groups excluding carboxylic acids is 2. The predicted molar refractivity (Wildman–Crippen MR) is 145 cm³/mol. The van der Waals surface area contributed by atoms with Crippen molar-refractivity contribution in [3.63, 3.8) is 0 Å². The van der Waals surface area contributed by atoms with Crippen LogP contribution in [0.2, 0.25) is 0 Å². The second-order valence-electron chi connectivity index (χ2n) is 8.85. The summed E-state index contributed by atoms with van der Waals surface area (Å²) in [5.41, 5.74) is 3.87. The molecule has 0 spiro atoms. The van der Waals surface area contributed by atoms with Crippen molar-refractivity contribution in [1.29, 1.82) is 0 Å². The van der Waals surface area contributed by atoms with E-state index in [4.69, 9.17) is 0 Å². The maximum Gasteiger partial charge on any atom is 0.321 e. The number of carbonyl (C=O) groups is 2. The van der Waals surface area contributed by atoms with E-state index >= 15 is 0 Å². The lowest BCUT2D eigenvalue weighted by atomic mass is 10.2. The van der Waals surface area contributed by atoms with Gasteiger partial charge in [-0.05, 0) is 61.4 Å². The van der Waals surface area contributed by atoms with Gasteiger partial charge in [-0.1, -0.05) is 31.0 Å². The summed E-state index contributed by atoms with van der Waals surface area (Å²) in [5, 5.41) is 5.94. The molecule has 1 aliphatic rings. The molecule has 0 aliphatic carbocycles. The molecule has 3 amide bonds. The van der Waals surface area contributed by atoms with Crippen molar-refractivity contribution in [3.8, 4) is 0 Å². The number of pyridine rings is 1. The van der Waals surface area contributed by atoms with E-state index in [1.54, 1.807) is 11.8 Å². The average molecular weight is 500 g/mol. The molecule has 184 valence electrons. The molecule has 1 saturated heterocycles. The molecule has 1 aliphatic heterocycles. The van der Waals surface area contributed by atoms with Crippen LogP contribution in [0.25, 0.3) is 5.65 Å². The van der Waals surface area contributed by atoms with Gasteiger partial charge in [-0.25, -0.2) is 9.78 Å².